The normalized spacial score (nSPS) is 15.3. The van der Waals surface area contributed by atoms with Crippen LogP contribution >= 0.6 is 15.9 Å². The molecule has 1 aliphatic carbocycles. The van der Waals surface area contributed by atoms with Gasteiger partial charge in [0.1, 0.15) is 0 Å². The highest BCUT2D eigenvalue weighted by molar-refractivity contribution is 9.11. The van der Waals surface area contributed by atoms with Crippen LogP contribution in [0.4, 0.5) is 0 Å². The van der Waals surface area contributed by atoms with E-state index in [-0.39, 0.29) is 0 Å². The van der Waals surface area contributed by atoms with Gasteiger partial charge in [-0.25, -0.2) is 4.99 Å². The summed E-state index contributed by atoms with van der Waals surface area (Å²) in [6.07, 6.45) is 5.30. The summed E-state index contributed by atoms with van der Waals surface area (Å²) in [5.41, 5.74) is 2.43. The number of fused-ring (bicyclic) bond motifs is 12. The lowest BCUT2D eigenvalue weighted by atomic mass is 9.89. The maximum Gasteiger partial charge on any atom is 0.0804 e. The van der Waals surface area contributed by atoms with E-state index >= 15 is 0 Å². The van der Waals surface area contributed by atoms with Gasteiger partial charge in [-0.3, -0.25) is 0 Å². The van der Waals surface area contributed by atoms with Gasteiger partial charge < -0.3 is 0 Å². The Hall–Kier alpha value is -3.23. The van der Waals surface area contributed by atoms with Crippen LogP contribution in [0.5, 0.6) is 0 Å². The molecule has 0 saturated heterocycles. The smallest absolute Gasteiger partial charge is 0.0804 e. The average Bonchev–Trinajstić information content (AvgIpc) is 3.17. The van der Waals surface area contributed by atoms with Crippen molar-refractivity contribution < 1.29 is 0 Å². The van der Waals surface area contributed by atoms with Gasteiger partial charge in [0.25, 0.3) is 0 Å². The lowest BCUT2D eigenvalue weighted by molar-refractivity contribution is 1.28. The van der Waals surface area contributed by atoms with E-state index in [4.69, 9.17) is 4.99 Å². The van der Waals surface area contributed by atoms with Crippen molar-refractivity contribution in [3.63, 3.8) is 0 Å². The predicted octanol–water partition coefficient (Wildman–Crippen LogP) is 6.65. The Kier molecular flexibility index (Phi) is 3.26. The van der Waals surface area contributed by atoms with E-state index in [9.17, 15) is 0 Å². The number of halogens is 1. The molecule has 1 aliphatic heterocycles. The fraction of sp³-hybridized carbons (Fsp3) is 0.0357. The number of hydrogen-bond acceptors (Lipinski definition) is 1. The van der Waals surface area contributed by atoms with E-state index in [2.05, 4.69) is 101 Å². The third-order valence-electron chi connectivity index (χ3n) is 6.49. The van der Waals surface area contributed by atoms with Crippen LogP contribution in [-0.4, -0.2) is 0 Å². The minimum atomic E-state index is 0.907. The third-order valence-corrected chi connectivity index (χ3v) is 7.04. The van der Waals surface area contributed by atoms with Crippen molar-refractivity contribution in [1.82, 2.24) is 0 Å². The van der Waals surface area contributed by atoms with Crippen LogP contribution in [0.1, 0.15) is 6.42 Å². The molecule has 30 heavy (non-hydrogen) atoms. The Labute approximate surface area is 181 Å². The van der Waals surface area contributed by atoms with Crippen molar-refractivity contribution in [2.75, 3.05) is 0 Å². The monoisotopic (exact) mass is 445 g/mol. The summed E-state index contributed by atoms with van der Waals surface area (Å²) in [6.45, 7) is 0. The molecular weight excluding hydrogens is 430 g/mol. The molecule has 5 aromatic carbocycles. The summed E-state index contributed by atoms with van der Waals surface area (Å²) in [6, 6.07) is 26.4. The van der Waals surface area contributed by atoms with Crippen molar-refractivity contribution in [1.29, 1.82) is 0 Å². The van der Waals surface area contributed by atoms with Crippen molar-refractivity contribution >= 4 is 64.6 Å². The van der Waals surface area contributed by atoms with E-state index in [1.807, 2.05) is 0 Å². The topological polar surface area (TPSA) is 12.4 Å². The number of allylic oxidation sites excluding steroid dienone is 4. The third kappa shape index (κ3) is 2.04. The van der Waals surface area contributed by atoms with Gasteiger partial charge in [-0.05, 0) is 50.4 Å². The molecule has 0 unspecified atom stereocenters. The maximum absolute atomic E-state index is 5.21. The van der Waals surface area contributed by atoms with Crippen LogP contribution in [0, 0.1) is 0 Å². The van der Waals surface area contributed by atoms with Gasteiger partial charge in [0.15, 0.2) is 0 Å². The average molecular weight is 446 g/mol. The van der Waals surface area contributed by atoms with Gasteiger partial charge in [0, 0.05) is 20.5 Å². The second-order valence-electron chi connectivity index (χ2n) is 8.02. The van der Waals surface area contributed by atoms with Gasteiger partial charge in [0.2, 0.25) is 0 Å². The molecule has 0 N–H and O–H groups in total. The van der Waals surface area contributed by atoms with Gasteiger partial charge >= 0.3 is 0 Å². The standard InChI is InChI=1S/C28H16BrN/c29-16-13-14-23-24(15-16)30-28-26(23)22-12-6-5-11-21(22)25-19-9-3-1-7-17(19)18-8-2-4-10-20(18)27(25)28/h1-13,15H,14H2. The maximum atomic E-state index is 5.21. The van der Waals surface area contributed by atoms with Crippen molar-refractivity contribution in [2.24, 2.45) is 4.99 Å². The van der Waals surface area contributed by atoms with Crippen molar-refractivity contribution in [3.05, 3.63) is 106 Å². The van der Waals surface area contributed by atoms with Crippen LogP contribution < -0.4 is 10.6 Å². The minimum absolute atomic E-state index is 0.907. The van der Waals surface area contributed by atoms with Crippen molar-refractivity contribution in [3.8, 4) is 0 Å². The minimum Gasteiger partial charge on any atom is -0.247 e. The Morgan fingerprint density at radius 1 is 0.633 bits per heavy atom. The summed E-state index contributed by atoms with van der Waals surface area (Å²) >= 11 is 3.65. The van der Waals surface area contributed by atoms with E-state index in [1.54, 1.807) is 0 Å². The largest absolute Gasteiger partial charge is 0.247 e. The van der Waals surface area contributed by atoms with Crippen LogP contribution in [0.3, 0.4) is 0 Å². The summed E-state index contributed by atoms with van der Waals surface area (Å²) in [5, 5.41) is 12.8. The van der Waals surface area contributed by atoms with Gasteiger partial charge in [0.05, 0.1) is 11.1 Å². The zero-order valence-corrected chi connectivity index (χ0v) is 17.7. The highest BCUT2D eigenvalue weighted by atomic mass is 79.9. The number of nitrogens with zero attached hydrogens (tertiary/aromatic N) is 1. The molecule has 0 atom stereocenters. The first kappa shape index (κ1) is 16.6. The molecule has 0 spiro atoms. The van der Waals surface area contributed by atoms with Crippen LogP contribution in [0.2, 0.25) is 0 Å². The molecule has 2 aliphatic rings. The van der Waals surface area contributed by atoms with Gasteiger partial charge in [-0.15, -0.1) is 0 Å². The number of hydrogen-bond donors (Lipinski definition) is 0. The molecule has 1 nitrogen and oxygen atoms in total. The molecule has 0 aromatic heterocycles. The first-order valence-electron chi connectivity index (χ1n) is 10.2. The molecule has 0 fully saturated rings. The zero-order valence-electron chi connectivity index (χ0n) is 16.1. The highest BCUT2D eigenvalue weighted by Crippen LogP contribution is 2.38. The lowest BCUT2D eigenvalue weighted by Crippen LogP contribution is -2.25. The zero-order chi connectivity index (χ0) is 19.8. The van der Waals surface area contributed by atoms with E-state index in [1.165, 1.54) is 53.9 Å². The number of benzene rings is 5. The summed E-state index contributed by atoms with van der Waals surface area (Å²) in [7, 11) is 0. The van der Waals surface area contributed by atoms with Crippen LogP contribution in [0.25, 0.3) is 48.7 Å². The van der Waals surface area contributed by atoms with Crippen LogP contribution in [-0.2, 0) is 0 Å². The molecule has 7 rings (SSSR count). The van der Waals surface area contributed by atoms with Gasteiger partial charge in [-0.2, -0.15) is 0 Å². The Morgan fingerprint density at radius 2 is 1.17 bits per heavy atom. The molecule has 0 radical (unpaired) electrons. The fourth-order valence-corrected chi connectivity index (χ4v) is 5.67. The molecule has 2 heteroatoms. The molecule has 1 heterocycles. The van der Waals surface area contributed by atoms with E-state index < -0.39 is 0 Å². The summed E-state index contributed by atoms with van der Waals surface area (Å²) < 4.78 is 1.11. The Morgan fingerprint density at radius 3 is 1.83 bits per heavy atom. The van der Waals surface area contributed by atoms with Crippen LogP contribution in [0.15, 0.2) is 100 Å². The fourth-order valence-electron chi connectivity index (χ4n) is 5.29. The predicted molar refractivity (Wildman–Crippen MR) is 130 cm³/mol. The van der Waals surface area contributed by atoms with Gasteiger partial charge in [-0.1, -0.05) is 94.8 Å². The first-order valence-corrected chi connectivity index (χ1v) is 11.0. The highest BCUT2D eigenvalue weighted by Gasteiger charge is 2.22. The second kappa shape index (κ2) is 5.90. The number of rotatable bonds is 0. The second-order valence-corrected chi connectivity index (χ2v) is 8.94. The molecule has 140 valence electrons. The molecule has 5 aromatic rings. The first-order chi connectivity index (χ1) is 14.8. The molecule has 0 bridgehead atoms. The van der Waals surface area contributed by atoms with Crippen molar-refractivity contribution in [2.45, 2.75) is 6.42 Å². The molecular formula is C28H16BrN. The quantitative estimate of drug-likeness (QED) is 0.236. The van der Waals surface area contributed by atoms with E-state index in [0.717, 1.165) is 22.0 Å². The SMILES string of the molecule is BrC1=CCC2=c3c(c4c5ccccc5c5ccccc5c4c4ccccc34)=NC2=C1. The van der Waals surface area contributed by atoms with E-state index in [0.29, 0.717) is 0 Å². The Bertz CT molecular complexity index is 1770. The lowest BCUT2D eigenvalue weighted by Gasteiger charge is -2.13. The Balaban J connectivity index is 1.92. The molecule has 0 saturated carbocycles. The summed E-state index contributed by atoms with van der Waals surface area (Å²) in [4.78, 5) is 5.21. The molecule has 0 amide bonds. The summed E-state index contributed by atoms with van der Waals surface area (Å²) in [5.74, 6) is 0.